The zero-order valence-electron chi connectivity index (χ0n) is 12.2. The lowest BCUT2D eigenvalue weighted by Crippen LogP contribution is -2.28. The van der Waals surface area contributed by atoms with Crippen LogP contribution >= 0.6 is 11.3 Å². The van der Waals surface area contributed by atoms with E-state index in [9.17, 15) is 8.42 Å². The number of aromatic nitrogens is 2. The van der Waals surface area contributed by atoms with E-state index in [1.165, 1.54) is 0 Å². The Morgan fingerprint density at radius 1 is 1.33 bits per heavy atom. The number of pyridine rings is 1. The van der Waals surface area contributed by atoms with Gasteiger partial charge in [0.25, 0.3) is 0 Å². The SMILES string of the molecule is CCCS(=O)(=O)NCCc1sc(-c2ccccn2)nc1C. The lowest BCUT2D eigenvalue weighted by atomic mass is 10.3. The molecule has 5 nitrogen and oxygen atoms in total. The molecule has 0 aliphatic carbocycles. The van der Waals surface area contributed by atoms with Crippen molar-refractivity contribution < 1.29 is 8.42 Å². The van der Waals surface area contributed by atoms with E-state index in [0.717, 1.165) is 21.3 Å². The summed E-state index contributed by atoms with van der Waals surface area (Å²) in [6.45, 7) is 4.21. The van der Waals surface area contributed by atoms with Crippen molar-refractivity contribution >= 4 is 21.4 Å². The van der Waals surface area contributed by atoms with Crippen LogP contribution in [0, 0.1) is 6.92 Å². The Bertz CT molecular complexity index is 681. The number of hydrogen-bond acceptors (Lipinski definition) is 5. The van der Waals surface area contributed by atoms with Gasteiger partial charge in [0.2, 0.25) is 10.0 Å². The molecule has 0 radical (unpaired) electrons. The van der Waals surface area contributed by atoms with Gasteiger partial charge in [-0.15, -0.1) is 11.3 Å². The largest absolute Gasteiger partial charge is 0.254 e. The van der Waals surface area contributed by atoms with Crippen LogP contribution in [0.2, 0.25) is 0 Å². The fourth-order valence-electron chi connectivity index (χ4n) is 1.92. The monoisotopic (exact) mass is 325 g/mol. The molecule has 0 aliphatic rings. The van der Waals surface area contributed by atoms with Crippen molar-refractivity contribution in [2.24, 2.45) is 0 Å². The summed E-state index contributed by atoms with van der Waals surface area (Å²) in [4.78, 5) is 9.89. The van der Waals surface area contributed by atoms with E-state index < -0.39 is 10.0 Å². The number of nitrogens with zero attached hydrogens (tertiary/aromatic N) is 2. The molecule has 0 fully saturated rings. The maximum absolute atomic E-state index is 11.6. The van der Waals surface area contributed by atoms with Crippen molar-refractivity contribution in [3.05, 3.63) is 35.0 Å². The smallest absolute Gasteiger partial charge is 0.211 e. The predicted octanol–water partition coefficient (Wildman–Crippen LogP) is 2.39. The van der Waals surface area contributed by atoms with Gasteiger partial charge in [-0.3, -0.25) is 4.98 Å². The quantitative estimate of drug-likeness (QED) is 0.848. The summed E-state index contributed by atoms with van der Waals surface area (Å²) in [7, 11) is -3.14. The Kier molecular flexibility index (Phi) is 5.44. The Labute approximate surface area is 129 Å². The molecule has 0 atom stereocenters. The van der Waals surface area contributed by atoms with E-state index in [1.807, 2.05) is 32.0 Å². The zero-order chi connectivity index (χ0) is 15.3. The number of thiazole rings is 1. The summed E-state index contributed by atoms with van der Waals surface area (Å²) in [5, 5.41) is 0.875. The molecule has 2 rings (SSSR count). The van der Waals surface area contributed by atoms with E-state index in [4.69, 9.17) is 0 Å². The lowest BCUT2D eigenvalue weighted by molar-refractivity contribution is 0.580. The second-order valence-electron chi connectivity index (χ2n) is 4.71. The van der Waals surface area contributed by atoms with Gasteiger partial charge in [-0.25, -0.2) is 18.1 Å². The minimum atomic E-state index is -3.14. The fraction of sp³-hybridized carbons (Fsp3) is 0.429. The summed E-state index contributed by atoms with van der Waals surface area (Å²) in [6, 6.07) is 5.72. The molecule has 114 valence electrons. The molecule has 0 unspecified atom stereocenters. The van der Waals surface area contributed by atoms with Gasteiger partial charge < -0.3 is 0 Å². The van der Waals surface area contributed by atoms with Crippen LogP contribution < -0.4 is 4.72 Å². The maximum atomic E-state index is 11.6. The lowest BCUT2D eigenvalue weighted by Gasteiger charge is -2.04. The summed E-state index contributed by atoms with van der Waals surface area (Å²) >= 11 is 1.57. The standard InChI is InChI=1S/C14H19N3O2S2/c1-3-10-21(18,19)16-9-7-13-11(2)17-14(20-13)12-6-4-5-8-15-12/h4-6,8,16H,3,7,9-10H2,1-2H3. The molecule has 0 spiro atoms. The summed E-state index contributed by atoms with van der Waals surface area (Å²) < 4.78 is 25.8. The zero-order valence-corrected chi connectivity index (χ0v) is 13.8. The normalized spacial score (nSPS) is 11.7. The van der Waals surface area contributed by atoms with Crippen molar-refractivity contribution in [3.63, 3.8) is 0 Å². The molecule has 0 bridgehead atoms. The Hall–Kier alpha value is -1.31. The van der Waals surface area contributed by atoms with Crippen LogP contribution in [0.15, 0.2) is 24.4 Å². The number of hydrogen-bond donors (Lipinski definition) is 1. The van der Waals surface area contributed by atoms with Crippen molar-refractivity contribution in [1.29, 1.82) is 0 Å². The Morgan fingerprint density at radius 2 is 2.14 bits per heavy atom. The molecule has 2 heterocycles. The average molecular weight is 325 g/mol. The maximum Gasteiger partial charge on any atom is 0.211 e. The molecule has 0 aliphatic heterocycles. The molecule has 1 N–H and O–H groups in total. The van der Waals surface area contributed by atoms with Gasteiger partial charge in [0.15, 0.2) is 0 Å². The van der Waals surface area contributed by atoms with E-state index in [0.29, 0.717) is 19.4 Å². The molecule has 0 aromatic carbocycles. The highest BCUT2D eigenvalue weighted by atomic mass is 32.2. The summed E-state index contributed by atoms with van der Waals surface area (Å²) in [5.41, 5.74) is 1.79. The minimum absolute atomic E-state index is 0.174. The van der Waals surface area contributed by atoms with Gasteiger partial charge in [0.05, 0.1) is 17.1 Å². The second-order valence-corrected chi connectivity index (χ2v) is 7.72. The first-order valence-corrected chi connectivity index (χ1v) is 9.34. The van der Waals surface area contributed by atoms with Crippen LogP contribution in [0.4, 0.5) is 0 Å². The van der Waals surface area contributed by atoms with Crippen molar-refractivity contribution in [2.75, 3.05) is 12.3 Å². The third-order valence-corrected chi connectivity index (χ3v) is 5.75. The van der Waals surface area contributed by atoms with Crippen molar-refractivity contribution in [3.8, 4) is 10.7 Å². The van der Waals surface area contributed by atoms with Crippen molar-refractivity contribution in [2.45, 2.75) is 26.7 Å². The van der Waals surface area contributed by atoms with E-state index in [2.05, 4.69) is 14.7 Å². The molecule has 0 saturated heterocycles. The van der Waals surface area contributed by atoms with Crippen LogP contribution in [0.1, 0.15) is 23.9 Å². The van der Waals surface area contributed by atoms with Crippen molar-refractivity contribution in [1.82, 2.24) is 14.7 Å². The third-order valence-electron chi connectivity index (χ3n) is 2.92. The molecule has 21 heavy (non-hydrogen) atoms. The van der Waals surface area contributed by atoms with Crippen LogP contribution in [0.25, 0.3) is 10.7 Å². The van der Waals surface area contributed by atoms with Gasteiger partial charge >= 0.3 is 0 Å². The highest BCUT2D eigenvalue weighted by Crippen LogP contribution is 2.26. The number of sulfonamides is 1. The second kappa shape index (κ2) is 7.11. The van der Waals surface area contributed by atoms with Gasteiger partial charge in [0, 0.05) is 17.6 Å². The molecule has 2 aromatic heterocycles. The van der Waals surface area contributed by atoms with Gasteiger partial charge in [-0.1, -0.05) is 13.0 Å². The Morgan fingerprint density at radius 3 is 2.81 bits per heavy atom. The first kappa shape index (κ1) is 16.1. The number of rotatable bonds is 7. The fourth-order valence-corrected chi connectivity index (χ4v) is 4.05. The highest BCUT2D eigenvalue weighted by Gasteiger charge is 2.12. The van der Waals surface area contributed by atoms with E-state index in [-0.39, 0.29) is 5.75 Å². The topological polar surface area (TPSA) is 72.0 Å². The van der Waals surface area contributed by atoms with Crippen LogP contribution in [-0.2, 0) is 16.4 Å². The highest BCUT2D eigenvalue weighted by molar-refractivity contribution is 7.89. The first-order chi connectivity index (χ1) is 10.0. The Balaban J connectivity index is 2.01. The van der Waals surface area contributed by atoms with Crippen LogP contribution in [-0.4, -0.2) is 30.7 Å². The molecule has 0 amide bonds. The van der Waals surface area contributed by atoms with Crippen LogP contribution in [0.3, 0.4) is 0 Å². The van der Waals surface area contributed by atoms with Gasteiger partial charge in [-0.2, -0.15) is 0 Å². The molecule has 0 saturated carbocycles. The third kappa shape index (κ3) is 4.59. The average Bonchev–Trinajstić information content (AvgIpc) is 2.81. The first-order valence-electron chi connectivity index (χ1n) is 6.87. The number of aryl methyl sites for hydroxylation is 1. The molecular formula is C14H19N3O2S2. The van der Waals surface area contributed by atoms with Gasteiger partial charge in [-0.05, 0) is 31.9 Å². The van der Waals surface area contributed by atoms with E-state index in [1.54, 1.807) is 17.5 Å². The molecule has 2 aromatic rings. The van der Waals surface area contributed by atoms with Gasteiger partial charge in [0.1, 0.15) is 5.01 Å². The van der Waals surface area contributed by atoms with Crippen LogP contribution in [0.5, 0.6) is 0 Å². The predicted molar refractivity (Wildman–Crippen MR) is 85.9 cm³/mol. The summed E-state index contributed by atoms with van der Waals surface area (Å²) in [6.07, 6.45) is 3.02. The number of nitrogens with one attached hydrogen (secondary N) is 1. The van der Waals surface area contributed by atoms with E-state index >= 15 is 0 Å². The minimum Gasteiger partial charge on any atom is -0.254 e. The molecular weight excluding hydrogens is 306 g/mol. The summed E-state index contributed by atoms with van der Waals surface area (Å²) in [5.74, 6) is 0.174. The molecule has 7 heteroatoms.